The number of carbonyl (C=O) groups excluding carboxylic acids is 1. The van der Waals surface area contributed by atoms with Crippen molar-refractivity contribution in [1.82, 2.24) is 4.90 Å². The highest BCUT2D eigenvalue weighted by molar-refractivity contribution is 5.80. The lowest BCUT2D eigenvalue weighted by molar-refractivity contribution is -0.171. The maximum Gasteiger partial charge on any atom is 0.282 e. The van der Waals surface area contributed by atoms with Crippen molar-refractivity contribution >= 4 is 5.91 Å². The molecule has 1 amide bonds. The quantitative estimate of drug-likeness (QED) is 0.636. The summed E-state index contributed by atoms with van der Waals surface area (Å²) in [5.74, 6) is -2.88. The minimum absolute atomic E-state index is 0.0974. The Morgan fingerprint density at radius 3 is 2.36 bits per heavy atom. The molecule has 2 aliphatic rings. The molecule has 0 atom stereocenters. The summed E-state index contributed by atoms with van der Waals surface area (Å²) in [4.78, 5) is 12.9. The largest absolute Gasteiger partial charge is 0.381 e. The third-order valence-electron chi connectivity index (χ3n) is 2.73. The van der Waals surface area contributed by atoms with Crippen LogP contribution in [0.3, 0.4) is 0 Å². The van der Waals surface area contributed by atoms with E-state index in [1.807, 2.05) is 0 Å². The van der Waals surface area contributed by atoms with Crippen LogP contribution in [0.25, 0.3) is 0 Å². The van der Waals surface area contributed by atoms with E-state index < -0.39 is 19.0 Å². The Morgan fingerprint density at radius 2 is 1.86 bits per heavy atom. The van der Waals surface area contributed by atoms with Crippen LogP contribution in [-0.4, -0.2) is 43.0 Å². The first kappa shape index (κ1) is 9.83. The average molecular weight is 205 g/mol. The molecule has 0 bridgehead atoms. The van der Waals surface area contributed by atoms with Gasteiger partial charge in [0.25, 0.3) is 5.92 Å². The van der Waals surface area contributed by atoms with Gasteiger partial charge in [0, 0.05) is 19.1 Å². The predicted molar refractivity (Wildman–Crippen MR) is 45.1 cm³/mol. The number of hydrogen-bond acceptors (Lipinski definition) is 2. The van der Waals surface area contributed by atoms with Crippen molar-refractivity contribution in [3.05, 3.63) is 0 Å². The smallest absolute Gasteiger partial charge is 0.282 e. The van der Waals surface area contributed by atoms with Crippen molar-refractivity contribution in [2.75, 3.05) is 26.3 Å². The molecule has 0 saturated carbocycles. The third-order valence-corrected chi connectivity index (χ3v) is 2.73. The van der Waals surface area contributed by atoms with E-state index in [0.29, 0.717) is 26.1 Å². The lowest BCUT2D eigenvalue weighted by Gasteiger charge is -2.41. The molecule has 0 aromatic carbocycles. The van der Waals surface area contributed by atoms with Crippen molar-refractivity contribution < 1.29 is 18.3 Å². The Kier molecular flexibility index (Phi) is 2.43. The van der Waals surface area contributed by atoms with Crippen LogP contribution < -0.4 is 0 Å². The minimum atomic E-state index is -2.65. The Labute approximate surface area is 81.0 Å². The fourth-order valence-electron chi connectivity index (χ4n) is 1.87. The molecule has 2 saturated heterocycles. The van der Waals surface area contributed by atoms with Gasteiger partial charge in [-0.1, -0.05) is 0 Å². The number of rotatable bonds is 1. The van der Waals surface area contributed by atoms with Crippen LogP contribution in [-0.2, 0) is 9.53 Å². The number of halogens is 2. The Hall–Kier alpha value is -0.710. The summed E-state index contributed by atoms with van der Waals surface area (Å²) in [5, 5.41) is 0. The second kappa shape index (κ2) is 3.46. The zero-order valence-electron chi connectivity index (χ0n) is 7.84. The Morgan fingerprint density at radius 1 is 1.29 bits per heavy atom. The second-order valence-corrected chi connectivity index (χ2v) is 3.94. The monoisotopic (exact) mass is 205 g/mol. The molecule has 2 rings (SSSR count). The van der Waals surface area contributed by atoms with Gasteiger partial charge >= 0.3 is 0 Å². The molecular weight excluding hydrogens is 192 g/mol. The normalized spacial score (nSPS) is 27.1. The molecule has 0 N–H and O–H groups in total. The molecule has 0 aromatic heterocycles. The van der Waals surface area contributed by atoms with Gasteiger partial charge in [0.15, 0.2) is 0 Å². The lowest BCUT2D eigenvalue weighted by Crippen LogP contribution is -2.60. The number of likely N-dealkylation sites (tertiary alicyclic amines) is 1. The van der Waals surface area contributed by atoms with E-state index in [-0.39, 0.29) is 11.8 Å². The molecule has 3 nitrogen and oxygen atoms in total. The summed E-state index contributed by atoms with van der Waals surface area (Å²) in [7, 11) is 0. The van der Waals surface area contributed by atoms with Gasteiger partial charge < -0.3 is 9.64 Å². The summed E-state index contributed by atoms with van der Waals surface area (Å²) < 4.78 is 30.1. The Bertz CT molecular complexity index is 231. The first-order chi connectivity index (χ1) is 6.58. The highest BCUT2D eigenvalue weighted by Crippen LogP contribution is 2.29. The molecule has 0 aromatic rings. The zero-order valence-corrected chi connectivity index (χ0v) is 7.84. The fraction of sp³-hybridized carbons (Fsp3) is 0.889. The van der Waals surface area contributed by atoms with Crippen LogP contribution in [0.4, 0.5) is 8.78 Å². The van der Waals surface area contributed by atoms with E-state index in [1.54, 1.807) is 0 Å². The number of ether oxygens (including phenoxy) is 1. The zero-order chi connectivity index (χ0) is 10.2. The van der Waals surface area contributed by atoms with E-state index in [9.17, 15) is 13.6 Å². The number of alkyl halides is 2. The van der Waals surface area contributed by atoms with Crippen LogP contribution in [0, 0.1) is 5.92 Å². The summed E-state index contributed by atoms with van der Waals surface area (Å²) in [6, 6.07) is 0. The van der Waals surface area contributed by atoms with Crippen molar-refractivity contribution in [3.63, 3.8) is 0 Å². The van der Waals surface area contributed by atoms with Crippen LogP contribution >= 0.6 is 0 Å². The molecule has 0 unspecified atom stereocenters. The number of amides is 1. The summed E-state index contributed by atoms with van der Waals surface area (Å²) in [6.07, 6.45) is 1.34. The van der Waals surface area contributed by atoms with Gasteiger partial charge in [0.05, 0.1) is 13.1 Å². The van der Waals surface area contributed by atoms with Crippen LogP contribution in [0.2, 0.25) is 0 Å². The maximum atomic E-state index is 12.5. The van der Waals surface area contributed by atoms with E-state index in [0.717, 1.165) is 0 Å². The SMILES string of the molecule is O=C(C1CCOCC1)N1CC(F)(F)C1. The fourth-order valence-corrected chi connectivity index (χ4v) is 1.87. The van der Waals surface area contributed by atoms with Crippen molar-refractivity contribution in [2.24, 2.45) is 5.92 Å². The first-order valence-corrected chi connectivity index (χ1v) is 4.83. The minimum Gasteiger partial charge on any atom is -0.381 e. The van der Waals surface area contributed by atoms with Gasteiger partial charge in [-0.2, -0.15) is 0 Å². The standard InChI is InChI=1S/C9H13F2NO2/c10-9(11)5-12(6-9)8(13)7-1-3-14-4-2-7/h7H,1-6H2. The van der Waals surface area contributed by atoms with Gasteiger partial charge in [-0.05, 0) is 12.8 Å². The molecule has 14 heavy (non-hydrogen) atoms. The van der Waals surface area contributed by atoms with Crippen molar-refractivity contribution in [3.8, 4) is 0 Å². The molecule has 0 aliphatic carbocycles. The molecule has 2 heterocycles. The number of hydrogen-bond donors (Lipinski definition) is 0. The maximum absolute atomic E-state index is 12.5. The van der Waals surface area contributed by atoms with Crippen LogP contribution in [0.1, 0.15) is 12.8 Å². The summed E-state index contributed by atoms with van der Waals surface area (Å²) >= 11 is 0. The Balaban J connectivity index is 1.84. The summed E-state index contributed by atoms with van der Waals surface area (Å²) in [5.41, 5.74) is 0. The highest BCUT2D eigenvalue weighted by atomic mass is 19.3. The molecule has 0 spiro atoms. The molecule has 2 aliphatic heterocycles. The summed E-state index contributed by atoms with van der Waals surface area (Å²) in [6.45, 7) is 0.341. The van der Waals surface area contributed by atoms with E-state index >= 15 is 0 Å². The highest BCUT2D eigenvalue weighted by Gasteiger charge is 2.47. The van der Waals surface area contributed by atoms with Crippen molar-refractivity contribution in [2.45, 2.75) is 18.8 Å². The predicted octanol–water partition coefficient (Wildman–Crippen LogP) is 0.891. The van der Waals surface area contributed by atoms with Gasteiger partial charge in [-0.25, -0.2) is 8.78 Å². The molecular formula is C9H13F2NO2. The topological polar surface area (TPSA) is 29.5 Å². The number of nitrogens with zero attached hydrogens (tertiary/aromatic N) is 1. The van der Waals surface area contributed by atoms with E-state index in [4.69, 9.17) is 4.74 Å². The van der Waals surface area contributed by atoms with Gasteiger partial charge in [0.2, 0.25) is 5.91 Å². The van der Waals surface area contributed by atoms with Crippen molar-refractivity contribution in [1.29, 1.82) is 0 Å². The second-order valence-electron chi connectivity index (χ2n) is 3.94. The molecule has 2 fully saturated rings. The average Bonchev–Trinajstić information content (AvgIpc) is 2.14. The molecule has 0 radical (unpaired) electrons. The first-order valence-electron chi connectivity index (χ1n) is 4.83. The molecule has 5 heteroatoms. The van der Waals surface area contributed by atoms with E-state index in [1.165, 1.54) is 4.90 Å². The van der Waals surface area contributed by atoms with E-state index in [2.05, 4.69) is 0 Å². The van der Waals surface area contributed by atoms with Crippen LogP contribution in [0.15, 0.2) is 0 Å². The van der Waals surface area contributed by atoms with Gasteiger partial charge in [-0.3, -0.25) is 4.79 Å². The molecule has 80 valence electrons. The van der Waals surface area contributed by atoms with Crippen LogP contribution in [0.5, 0.6) is 0 Å². The third kappa shape index (κ3) is 1.87. The number of carbonyl (C=O) groups is 1. The van der Waals surface area contributed by atoms with Gasteiger partial charge in [0.1, 0.15) is 0 Å². The van der Waals surface area contributed by atoms with Gasteiger partial charge in [-0.15, -0.1) is 0 Å². The lowest BCUT2D eigenvalue weighted by atomic mass is 9.96.